The Hall–Kier alpha value is -1.46. The van der Waals surface area contributed by atoms with Crippen molar-refractivity contribution in [3.8, 4) is 18.1 Å². The molecule has 1 aromatic rings. The zero-order chi connectivity index (χ0) is 12.0. The van der Waals surface area contributed by atoms with Crippen LogP contribution in [-0.4, -0.2) is 12.2 Å². The van der Waals surface area contributed by atoms with Crippen LogP contribution in [0.4, 0.5) is 0 Å². The van der Waals surface area contributed by atoms with E-state index in [1.807, 2.05) is 45.0 Å². The SMILES string of the molecule is C#CCOc1ccc(COC(C)(C)C)cc1. The Morgan fingerprint density at radius 2 is 1.81 bits per heavy atom. The fraction of sp³-hybridized carbons (Fsp3) is 0.429. The molecule has 86 valence electrons. The highest BCUT2D eigenvalue weighted by atomic mass is 16.5. The third-order valence-electron chi connectivity index (χ3n) is 1.92. The second-order valence-corrected chi connectivity index (χ2v) is 4.54. The maximum absolute atomic E-state index is 5.66. The van der Waals surface area contributed by atoms with Gasteiger partial charge in [-0.2, -0.15) is 0 Å². The van der Waals surface area contributed by atoms with E-state index in [2.05, 4.69) is 5.92 Å². The fourth-order valence-corrected chi connectivity index (χ4v) is 1.11. The predicted molar refractivity (Wildman–Crippen MR) is 65.3 cm³/mol. The first-order valence-corrected chi connectivity index (χ1v) is 5.30. The molecule has 0 saturated carbocycles. The Morgan fingerprint density at radius 1 is 1.19 bits per heavy atom. The van der Waals surface area contributed by atoms with Crippen molar-refractivity contribution in [3.05, 3.63) is 29.8 Å². The van der Waals surface area contributed by atoms with Crippen LogP contribution in [-0.2, 0) is 11.3 Å². The van der Waals surface area contributed by atoms with E-state index < -0.39 is 0 Å². The highest BCUT2D eigenvalue weighted by molar-refractivity contribution is 5.27. The van der Waals surface area contributed by atoms with Crippen LogP contribution in [0.25, 0.3) is 0 Å². The minimum Gasteiger partial charge on any atom is -0.481 e. The topological polar surface area (TPSA) is 18.5 Å². The van der Waals surface area contributed by atoms with Crippen molar-refractivity contribution in [1.29, 1.82) is 0 Å². The first-order chi connectivity index (χ1) is 7.51. The van der Waals surface area contributed by atoms with Crippen molar-refractivity contribution in [1.82, 2.24) is 0 Å². The van der Waals surface area contributed by atoms with Crippen LogP contribution in [0.15, 0.2) is 24.3 Å². The van der Waals surface area contributed by atoms with Gasteiger partial charge in [-0.1, -0.05) is 18.1 Å². The van der Waals surface area contributed by atoms with E-state index in [-0.39, 0.29) is 5.60 Å². The summed E-state index contributed by atoms with van der Waals surface area (Å²) in [4.78, 5) is 0. The smallest absolute Gasteiger partial charge is 0.148 e. The third kappa shape index (κ3) is 4.86. The van der Waals surface area contributed by atoms with E-state index in [1.54, 1.807) is 0 Å². The maximum Gasteiger partial charge on any atom is 0.148 e. The summed E-state index contributed by atoms with van der Waals surface area (Å²) in [5, 5.41) is 0. The third-order valence-corrected chi connectivity index (χ3v) is 1.92. The first kappa shape index (κ1) is 12.6. The van der Waals surface area contributed by atoms with Crippen molar-refractivity contribution in [2.75, 3.05) is 6.61 Å². The Morgan fingerprint density at radius 3 is 2.31 bits per heavy atom. The fourth-order valence-electron chi connectivity index (χ4n) is 1.11. The van der Waals surface area contributed by atoms with E-state index in [9.17, 15) is 0 Å². The Kier molecular flexibility index (Phi) is 4.39. The van der Waals surface area contributed by atoms with Crippen LogP contribution in [0.2, 0.25) is 0 Å². The van der Waals surface area contributed by atoms with Crippen molar-refractivity contribution in [3.63, 3.8) is 0 Å². The van der Waals surface area contributed by atoms with Gasteiger partial charge in [-0.15, -0.1) is 6.42 Å². The highest BCUT2D eigenvalue weighted by Crippen LogP contribution is 2.15. The molecule has 0 unspecified atom stereocenters. The van der Waals surface area contributed by atoms with Gasteiger partial charge in [0, 0.05) is 0 Å². The van der Waals surface area contributed by atoms with Gasteiger partial charge < -0.3 is 9.47 Å². The van der Waals surface area contributed by atoms with Crippen LogP contribution in [0.1, 0.15) is 26.3 Å². The zero-order valence-corrected chi connectivity index (χ0v) is 10.1. The lowest BCUT2D eigenvalue weighted by Gasteiger charge is -2.19. The van der Waals surface area contributed by atoms with Gasteiger partial charge in [0.25, 0.3) is 0 Å². The normalized spacial score (nSPS) is 10.9. The van der Waals surface area contributed by atoms with Crippen molar-refractivity contribution in [2.45, 2.75) is 33.0 Å². The average Bonchev–Trinajstić information content (AvgIpc) is 2.24. The number of hydrogen-bond donors (Lipinski definition) is 0. The maximum atomic E-state index is 5.66. The summed E-state index contributed by atoms with van der Waals surface area (Å²) in [5.74, 6) is 3.22. The zero-order valence-electron chi connectivity index (χ0n) is 10.1. The highest BCUT2D eigenvalue weighted by Gasteiger charge is 2.09. The van der Waals surface area contributed by atoms with Crippen molar-refractivity contribution in [2.24, 2.45) is 0 Å². The molecule has 0 spiro atoms. The molecule has 0 fully saturated rings. The first-order valence-electron chi connectivity index (χ1n) is 5.30. The van der Waals surface area contributed by atoms with E-state index in [1.165, 1.54) is 0 Å². The molecule has 0 heterocycles. The van der Waals surface area contributed by atoms with E-state index in [0.717, 1.165) is 11.3 Å². The molecule has 0 amide bonds. The van der Waals surface area contributed by atoms with Crippen molar-refractivity contribution < 1.29 is 9.47 Å². The molecule has 0 aromatic heterocycles. The Balaban J connectivity index is 2.49. The van der Waals surface area contributed by atoms with Gasteiger partial charge in [-0.05, 0) is 38.5 Å². The second kappa shape index (κ2) is 5.58. The van der Waals surface area contributed by atoms with Crippen LogP contribution < -0.4 is 4.74 Å². The van der Waals surface area contributed by atoms with Crippen molar-refractivity contribution >= 4 is 0 Å². The lowest BCUT2D eigenvalue weighted by Crippen LogP contribution is -2.18. The molecular weight excluding hydrogens is 200 g/mol. The predicted octanol–water partition coefficient (Wildman–Crippen LogP) is 3.01. The summed E-state index contributed by atoms with van der Waals surface area (Å²) >= 11 is 0. The van der Waals surface area contributed by atoms with Crippen LogP contribution in [0, 0.1) is 12.3 Å². The molecule has 0 atom stereocenters. The number of rotatable bonds is 4. The van der Waals surface area contributed by atoms with Crippen LogP contribution in [0.3, 0.4) is 0 Å². The Labute approximate surface area is 97.6 Å². The summed E-state index contributed by atoms with van der Waals surface area (Å²) in [6.07, 6.45) is 5.11. The lowest BCUT2D eigenvalue weighted by molar-refractivity contribution is -0.0149. The molecule has 0 radical (unpaired) electrons. The minimum absolute atomic E-state index is 0.112. The van der Waals surface area contributed by atoms with Crippen LogP contribution >= 0.6 is 0 Å². The molecule has 0 aliphatic carbocycles. The molecule has 0 saturated heterocycles. The standard InChI is InChI=1S/C14H18O2/c1-5-10-15-13-8-6-12(7-9-13)11-16-14(2,3)4/h1,6-9H,10-11H2,2-4H3. The van der Waals surface area contributed by atoms with Gasteiger partial charge in [-0.3, -0.25) is 0 Å². The van der Waals surface area contributed by atoms with E-state index in [0.29, 0.717) is 13.2 Å². The van der Waals surface area contributed by atoms with E-state index >= 15 is 0 Å². The van der Waals surface area contributed by atoms with Gasteiger partial charge in [0.1, 0.15) is 12.4 Å². The monoisotopic (exact) mass is 218 g/mol. The molecule has 0 N–H and O–H groups in total. The summed E-state index contributed by atoms with van der Waals surface area (Å²) in [6, 6.07) is 7.77. The van der Waals surface area contributed by atoms with Gasteiger partial charge in [-0.25, -0.2) is 0 Å². The number of ether oxygens (including phenoxy) is 2. The molecule has 0 aliphatic heterocycles. The number of terminal acetylenes is 1. The molecule has 1 rings (SSSR count). The molecule has 0 aliphatic rings. The largest absolute Gasteiger partial charge is 0.481 e. The Bertz CT molecular complexity index is 352. The summed E-state index contributed by atoms with van der Waals surface area (Å²) in [5.41, 5.74) is 1.02. The van der Waals surface area contributed by atoms with Crippen LogP contribution in [0.5, 0.6) is 5.75 Å². The molecular formula is C14H18O2. The molecule has 1 aromatic carbocycles. The molecule has 0 bridgehead atoms. The lowest BCUT2D eigenvalue weighted by atomic mass is 10.2. The molecule has 2 nitrogen and oxygen atoms in total. The number of benzene rings is 1. The quantitative estimate of drug-likeness (QED) is 0.723. The summed E-state index contributed by atoms with van der Waals surface area (Å²) in [6.45, 7) is 7.03. The second-order valence-electron chi connectivity index (χ2n) is 4.54. The van der Waals surface area contributed by atoms with Gasteiger partial charge in [0.15, 0.2) is 0 Å². The van der Waals surface area contributed by atoms with E-state index in [4.69, 9.17) is 15.9 Å². The summed E-state index contributed by atoms with van der Waals surface area (Å²) < 4.78 is 10.9. The number of hydrogen-bond acceptors (Lipinski definition) is 2. The molecule has 2 heteroatoms. The summed E-state index contributed by atoms with van der Waals surface area (Å²) in [7, 11) is 0. The minimum atomic E-state index is -0.112. The van der Waals surface area contributed by atoms with Gasteiger partial charge in [0.2, 0.25) is 0 Å². The molecule has 16 heavy (non-hydrogen) atoms. The van der Waals surface area contributed by atoms with Gasteiger partial charge in [0.05, 0.1) is 12.2 Å². The van der Waals surface area contributed by atoms with Gasteiger partial charge >= 0.3 is 0 Å². The average molecular weight is 218 g/mol.